The van der Waals surface area contributed by atoms with Crippen molar-refractivity contribution in [3.05, 3.63) is 35.4 Å². The van der Waals surface area contributed by atoms with Crippen LogP contribution in [0.15, 0.2) is 24.3 Å². The van der Waals surface area contributed by atoms with Crippen molar-refractivity contribution in [1.29, 1.82) is 0 Å². The first-order chi connectivity index (χ1) is 9.19. The van der Waals surface area contributed by atoms with Gasteiger partial charge in [0, 0.05) is 24.6 Å². The molecule has 0 saturated carbocycles. The molecule has 1 aromatic carbocycles. The number of hydrogen-bond acceptors (Lipinski definition) is 2. The Morgan fingerprint density at radius 3 is 2.20 bits per heavy atom. The highest BCUT2D eigenvalue weighted by Crippen LogP contribution is 2.18. The maximum absolute atomic E-state index is 12.4. The van der Waals surface area contributed by atoms with Gasteiger partial charge in [0.15, 0.2) is 5.78 Å². The molecule has 0 aromatic heterocycles. The SMILES string of the molecule is Cc1ccc(C(=O)CCN(CC(F)(F)F)C(C)C)cc1. The van der Waals surface area contributed by atoms with Gasteiger partial charge in [-0.1, -0.05) is 29.8 Å². The molecule has 0 heterocycles. The Hall–Kier alpha value is -1.36. The first-order valence-electron chi connectivity index (χ1n) is 6.59. The van der Waals surface area contributed by atoms with Crippen LogP contribution in [0.3, 0.4) is 0 Å². The van der Waals surface area contributed by atoms with E-state index in [0.717, 1.165) is 5.56 Å². The number of nitrogens with zero attached hydrogens (tertiary/aromatic N) is 1. The van der Waals surface area contributed by atoms with E-state index in [9.17, 15) is 18.0 Å². The van der Waals surface area contributed by atoms with Crippen molar-refractivity contribution in [3.8, 4) is 0 Å². The van der Waals surface area contributed by atoms with E-state index in [4.69, 9.17) is 0 Å². The first-order valence-corrected chi connectivity index (χ1v) is 6.59. The number of carbonyl (C=O) groups excluding carboxylic acids is 1. The lowest BCUT2D eigenvalue weighted by molar-refractivity contribution is -0.149. The minimum Gasteiger partial charge on any atom is -0.294 e. The van der Waals surface area contributed by atoms with E-state index >= 15 is 0 Å². The van der Waals surface area contributed by atoms with Crippen molar-refractivity contribution in [2.75, 3.05) is 13.1 Å². The van der Waals surface area contributed by atoms with Gasteiger partial charge in [0.1, 0.15) is 0 Å². The predicted molar refractivity (Wildman–Crippen MR) is 72.9 cm³/mol. The Morgan fingerprint density at radius 1 is 1.20 bits per heavy atom. The Morgan fingerprint density at radius 2 is 1.75 bits per heavy atom. The summed E-state index contributed by atoms with van der Waals surface area (Å²) in [5.74, 6) is -0.127. The Kier molecular flexibility index (Phi) is 5.74. The van der Waals surface area contributed by atoms with Crippen LogP contribution in [0, 0.1) is 6.92 Å². The van der Waals surface area contributed by atoms with Gasteiger partial charge in [-0.05, 0) is 20.8 Å². The van der Waals surface area contributed by atoms with Gasteiger partial charge in [-0.25, -0.2) is 0 Å². The third-order valence-electron chi connectivity index (χ3n) is 3.11. The van der Waals surface area contributed by atoms with E-state index in [1.165, 1.54) is 4.90 Å². The molecule has 0 aliphatic carbocycles. The molecule has 0 spiro atoms. The predicted octanol–water partition coefficient (Wildman–Crippen LogP) is 3.84. The highest BCUT2D eigenvalue weighted by Gasteiger charge is 2.31. The first kappa shape index (κ1) is 16.7. The molecule has 112 valence electrons. The second-order valence-electron chi connectivity index (χ2n) is 5.22. The molecule has 0 aliphatic rings. The van der Waals surface area contributed by atoms with Gasteiger partial charge in [-0.2, -0.15) is 13.2 Å². The third-order valence-corrected chi connectivity index (χ3v) is 3.11. The fraction of sp³-hybridized carbons (Fsp3) is 0.533. The van der Waals surface area contributed by atoms with Gasteiger partial charge in [-0.3, -0.25) is 9.69 Å². The van der Waals surface area contributed by atoms with Gasteiger partial charge in [-0.15, -0.1) is 0 Å². The third kappa shape index (κ3) is 5.74. The molecule has 0 unspecified atom stereocenters. The van der Waals surface area contributed by atoms with Crippen LogP contribution >= 0.6 is 0 Å². The maximum Gasteiger partial charge on any atom is 0.401 e. The molecule has 20 heavy (non-hydrogen) atoms. The second kappa shape index (κ2) is 6.88. The van der Waals surface area contributed by atoms with Crippen molar-refractivity contribution < 1.29 is 18.0 Å². The van der Waals surface area contributed by atoms with E-state index in [1.807, 2.05) is 19.1 Å². The zero-order valence-electron chi connectivity index (χ0n) is 12.0. The van der Waals surface area contributed by atoms with Crippen molar-refractivity contribution in [2.45, 2.75) is 39.4 Å². The fourth-order valence-electron chi connectivity index (χ4n) is 1.88. The van der Waals surface area contributed by atoms with E-state index in [2.05, 4.69) is 0 Å². The molecular formula is C15H20F3NO. The van der Waals surface area contributed by atoms with Crippen LogP contribution in [0.4, 0.5) is 13.2 Å². The van der Waals surface area contributed by atoms with Crippen LogP contribution in [0.2, 0.25) is 0 Å². The second-order valence-corrected chi connectivity index (χ2v) is 5.22. The number of halogens is 3. The average molecular weight is 287 g/mol. The summed E-state index contributed by atoms with van der Waals surface area (Å²) in [5.41, 5.74) is 1.59. The number of benzene rings is 1. The topological polar surface area (TPSA) is 20.3 Å². The Balaban J connectivity index is 2.59. The molecule has 0 radical (unpaired) electrons. The van der Waals surface area contributed by atoms with Crippen LogP contribution in [0.5, 0.6) is 0 Å². The average Bonchev–Trinajstić information content (AvgIpc) is 2.33. The lowest BCUT2D eigenvalue weighted by Gasteiger charge is -2.27. The molecule has 0 atom stereocenters. The van der Waals surface area contributed by atoms with E-state index in [1.54, 1.807) is 26.0 Å². The van der Waals surface area contributed by atoms with Crippen LogP contribution in [-0.4, -0.2) is 36.0 Å². The van der Waals surface area contributed by atoms with E-state index in [-0.39, 0.29) is 24.8 Å². The molecule has 0 saturated heterocycles. The molecule has 0 N–H and O–H groups in total. The summed E-state index contributed by atoms with van der Waals surface area (Å²) < 4.78 is 37.3. The van der Waals surface area contributed by atoms with Crippen LogP contribution in [-0.2, 0) is 0 Å². The molecule has 0 amide bonds. The molecule has 0 aliphatic heterocycles. The number of rotatable bonds is 6. The van der Waals surface area contributed by atoms with Crippen molar-refractivity contribution in [2.24, 2.45) is 0 Å². The quantitative estimate of drug-likeness (QED) is 0.741. The highest BCUT2D eigenvalue weighted by molar-refractivity contribution is 5.96. The van der Waals surface area contributed by atoms with Gasteiger partial charge in [0.25, 0.3) is 0 Å². The molecule has 1 rings (SSSR count). The summed E-state index contributed by atoms with van der Waals surface area (Å²) in [4.78, 5) is 13.2. The van der Waals surface area contributed by atoms with Crippen molar-refractivity contribution in [1.82, 2.24) is 4.90 Å². The van der Waals surface area contributed by atoms with Crippen LogP contribution in [0.1, 0.15) is 36.2 Å². The smallest absolute Gasteiger partial charge is 0.294 e. The Bertz CT molecular complexity index is 437. The van der Waals surface area contributed by atoms with Crippen molar-refractivity contribution >= 4 is 5.78 Å². The molecule has 2 nitrogen and oxygen atoms in total. The van der Waals surface area contributed by atoms with Crippen LogP contribution < -0.4 is 0 Å². The monoisotopic (exact) mass is 287 g/mol. The fourth-order valence-corrected chi connectivity index (χ4v) is 1.88. The number of Topliss-reactive ketones (excluding diaryl/α,β-unsaturated/α-hetero) is 1. The lowest BCUT2D eigenvalue weighted by atomic mass is 10.1. The summed E-state index contributed by atoms with van der Waals surface area (Å²) >= 11 is 0. The Labute approximate surface area is 117 Å². The lowest BCUT2D eigenvalue weighted by Crippen LogP contribution is -2.40. The summed E-state index contributed by atoms with van der Waals surface area (Å²) in [6, 6.07) is 6.82. The summed E-state index contributed by atoms with van der Waals surface area (Å²) in [5, 5.41) is 0. The number of carbonyl (C=O) groups is 1. The van der Waals surface area contributed by atoms with Crippen LogP contribution in [0.25, 0.3) is 0 Å². The summed E-state index contributed by atoms with van der Waals surface area (Å²) in [6.07, 6.45) is -4.14. The number of alkyl halides is 3. The maximum atomic E-state index is 12.4. The zero-order chi connectivity index (χ0) is 15.3. The molecule has 0 bridgehead atoms. The molecule has 1 aromatic rings. The van der Waals surface area contributed by atoms with E-state index in [0.29, 0.717) is 5.56 Å². The zero-order valence-corrected chi connectivity index (χ0v) is 12.0. The summed E-state index contributed by atoms with van der Waals surface area (Å²) in [7, 11) is 0. The molecule has 5 heteroatoms. The normalized spacial score (nSPS) is 12.2. The number of ketones is 1. The number of hydrogen-bond donors (Lipinski definition) is 0. The molecular weight excluding hydrogens is 267 g/mol. The van der Waals surface area contributed by atoms with Gasteiger partial charge in [0.2, 0.25) is 0 Å². The highest BCUT2D eigenvalue weighted by atomic mass is 19.4. The molecule has 0 fully saturated rings. The summed E-state index contributed by atoms with van der Waals surface area (Å²) in [6.45, 7) is 4.44. The van der Waals surface area contributed by atoms with Gasteiger partial charge < -0.3 is 0 Å². The minimum atomic E-state index is -4.24. The van der Waals surface area contributed by atoms with Crippen molar-refractivity contribution in [3.63, 3.8) is 0 Å². The standard InChI is InChI=1S/C15H20F3NO/c1-11(2)19(10-15(16,17)18)9-8-14(20)13-6-4-12(3)5-7-13/h4-7,11H,8-10H2,1-3H3. The minimum absolute atomic E-state index is 0.0946. The van der Waals surface area contributed by atoms with Gasteiger partial charge >= 0.3 is 6.18 Å². The van der Waals surface area contributed by atoms with Gasteiger partial charge in [0.05, 0.1) is 6.54 Å². The number of aryl methyl sites for hydroxylation is 1. The largest absolute Gasteiger partial charge is 0.401 e. The van der Waals surface area contributed by atoms with E-state index < -0.39 is 12.7 Å².